The molecule has 2 aliphatic rings. The van der Waals surface area contributed by atoms with Gasteiger partial charge in [-0.2, -0.15) is 13.2 Å². The predicted octanol–water partition coefficient (Wildman–Crippen LogP) is 8.26. The van der Waals surface area contributed by atoms with Gasteiger partial charge >= 0.3 is 12.1 Å². The van der Waals surface area contributed by atoms with E-state index in [1.54, 1.807) is 24.3 Å². The van der Waals surface area contributed by atoms with Gasteiger partial charge in [0.2, 0.25) is 0 Å². The first kappa shape index (κ1) is 30.8. The first-order chi connectivity index (χ1) is 19.2. The van der Waals surface area contributed by atoms with E-state index in [0.29, 0.717) is 37.2 Å². The molecule has 1 aliphatic heterocycles. The van der Waals surface area contributed by atoms with E-state index in [2.05, 4.69) is 17.0 Å². The first-order valence-corrected chi connectivity index (χ1v) is 13.8. The number of rotatable bonds is 8. The summed E-state index contributed by atoms with van der Waals surface area (Å²) in [7, 11) is 0. The molecule has 1 aliphatic carbocycles. The molecule has 0 aromatic heterocycles. The van der Waals surface area contributed by atoms with Gasteiger partial charge in [-0.3, -0.25) is 4.39 Å². The topological polar surface area (TPSA) is 40.5 Å². The van der Waals surface area contributed by atoms with E-state index in [1.807, 2.05) is 12.1 Å². The maximum Gasteiger partial charge on any atom is 0.416 e. The average molecular weight is 588 g/mol. The first-order valence-electron chi connectivity index (χ1n) is 13.8. The number of carboxylic acids is 1. The van der Waals surface area contributed by atoms with Crippen LogP contribution >= 0.6 is 12.4 Å². The van der Waals surface area contributed by atoms with Crippen molar-refractivity contribution in [1.29, 1.82) is 0 Å². The monoisotopic (exact) mass is 587 g/mol. The third-order valence-electron chi connectivity index (χ3n) is 8.17. The lowest BCUT2D eigenvalue weighted by atomic mass is 9.84. The molecular weight excluding hydrogens is 554 g/mol. The number of hydrogen-bond donors (Lipinski definition) is 1. The summed E-state index contributed by atoms with van der Waals surface area (Å²) in [5.74, 6) is -0.476. The van der Waals surface area contributed by atoms with Crippen molar-refractivity contribution in [1.82, 2.24) is 4.90 Å². The number of aromatic carboxylic acids is 1. The molecule has 0 atom stereocenters. The van der Waals surface area contributed by atoms with E-state index in [-0.39, 0.29) is 30.2 Å². The molecule has 218 valence electrons. The van der Waals surface area contributed by atoms with E-state index in [4.69, 9.17) is 0 Å². The quantitative estimate of drug-likeness (QED) is 0.270. The smallest absolute Gasteiger partial charge is 0.416 e. The SMILES string of the molecule is Cc1c(C2=C(c3ccc(CC4CN(CCCF)C4)cc3)c3ccc(C(=O)O)cc3CCC2)cccc1C(F)(F)F.Cl. The Morgan fingerprint density at radius 1 is 1.00 bits per heavy atom. The maximum absolute atomic E-state index is 13.8. The summed E-state index contributed by atoms with van der Waals surface area (Å²) in [6.07, 6.45) is -1.05. The fourth-order valence-corrected chi connectivity index (χ4v) is 6.20. The Morgan fingerprint density at radius 3 is 2.39 bits per heavy atom. The molecular formula is C33H34ClF4NO2. The number of alkyl halides is 4. The standard InChI is InChI=1S/C33H33F4NO2.ClH/c1-21-27(6-3-8-30(21)33(35,36)37)29-7-2-5-25-18-26(32(39)40)13-14-28(25)31(29)24-11-9-22(10-12-24)17-23-19-38(20-23)16-4-15-34;/h3,6,8-14,18,23H,2,4-5,7,15-17,19-20H2,1H3,(H,39,40);1H. The van der Waals surface area contributed by atoms with Crippen LogP contribution in [-0.4, -0.2) is 42.3 Å². The lowest BCUT2D eigenvalue weighted by Crippen LogP contribution is -2.47. The lowest BCUT2D eigenvalue weighted by Gasteiger charge is -2.39. The van der Waals surface area contributed by atoms with Crippen LogP contribution in [0.25, 0.3) is 11.1 Å². The Hall–Kier alpha value is -3.16. The van der Waals surface area contributed by atoms with Crippen molar-refractivity contribution in [3.8, 4) is 0 Å². The van der Waals surface area contributed by atoms with Crippen LogP contribution < -0.4 is 0 Å². The van der Waals surface area contributed by atoms with Gasteiger partial charge in [0.05, 0.1) is 17.8 Å². The molecule has 1 fully saturated rings. The second-order valence-electron chi connectivity index (χ2n) is 10.9. The van der Waals surface area contributed by atoms with E-state index in [0.717, 1.165) is 60.0 Å². The molecule has 1 N–H and O–H groups in total. The van der Waals surface area contributed by atoms with Gasteiger partial charge in [-0.25, -0.2) is 4.79 Å². The van der Waals surface area contributed by atoms with Crippen LogP contribution in [0.2, 0.25) is 0 Å². The second-order valence-corrected chi connectivity index (χ2v) is 10.9. The van der Waals surface area contributed by atoms with Crippen LogP contribution in [0, 0.1) is 12.8 Å². The van der Waals surface area contributed by atoms with Crippen molar-refractivity contribution in [3.05, 3.63) is 105 Å². The molecule has 3 aromatic carbocycles. The van der Waals surface area contributed by atoms with Gasteiger partial charge in [-0.1, -0.05) is 42.5 Å². The minimum atomic E-state index is -4.45. The number of halogens is 5. The van der Waals surface area contributed by atoms with Gasteiger partial charge in [0, 0.05) is 19.6 Å². The van der Waals surface area contributed by atoms with Crippen molar-refractivity contribution in [2.75, 3.05) is 26.3 Å². The van der Waals surface area contributed by atoms with Crippen molar-refractivity contribution in [2.45, 2.75) is 45.2 Å². The number of aryl methyl sites for hydroxylation is 1. The number of nitrogens with zero attached hydrogens (tertiary/aromatic N) is 1. The molecule has 0 saturated carbocycles. The number of hydrogen-bond acceptors (Lipinski definition) is 2. The van der Waals surface area contributed by atoms with Gasteiger partial charge in [-0.15, -0.1) is 12.4 Å². The minimum Gasteiger partial charge on any atom is -0.478 e. The fraction of sp³-hybridized carbons (Fsp3) is 0.364. The van der Waals surface area contributed by atoms with E-state index in [9.17, 15) is 27.5 Å². The van der Waals surface area contributed by atoms with Crippen LogP contribution in [0.5, 0.6) is 0 Å². The van der Waals surface area contributed by atoms with Crippen molar-refractivity contribution in [2.24, 2.45) is 5.92 Å². The number of benzene rings is 3. The van der Waals surface area contributed by atoms with Crippen molar-refractivity contribution < 1.29 is 27.5 Å². The summed E-state index contributed by atoms with van der Waals surface area (Å²) in [6.45, 7) is 3.96. The zero-order valence-electron chi connectivity index (χ0n) is 22.9. The Balaban J connectivity index is 0.00000387. The van der Waals surface area contributed by atoms with Crippen LogP contribution in [-0.2, 0) is 19.0 Å². The zero-order valence-corrected chi connectivity index (χ0v) is 23.8. The third-order valence-corrected chi connectivity index (χ3v) is 8.17. The summed E-state index contributed by atoms with van der Waals surface area (Å²) in [4.78, 5) is 13.9. The van der Waals surface area contributed by atoms with Gasteiger partial charge in [0.15, 0.2) is 0 Å². The normalized spacial score (nSPS) is 16.0. The number of carboxylic acid groups (broad SMARTS) is 1. The summed E-state index contributed by atoms with van der Waals surface area (Å²) < 4.78 is 53.9. The average Bonchev–Trinajstić information content (AvgIpc) is 3.08. The number of fused-ring (bicyclic) bond motifs is 1. The van der Waals surface area contributed by atoms with Crippen LogP contribution in [0.15, 0.2) is 60.7 Å². The van der Waals surface area contributed by atoms with Crippen molar-refractivity contribution >= 4 is 29.5 Å². The second kappa shape index (κ2) is 12.8. The molecule has 41 heavy (non-hydrogen) atoms. The Labute approximate surface area is 244 Å². The van der Waals surface area contributed by atoms with Gasteiger partial charge in [0.1, 0.15) is 0 Å². The molecule has 1 saturated heterocycles. The van der Waals surface area contributed by atoms with Gasteiger partial charge in [-0.05, 0) is 108 Å². The Bertz CT molecular complexity index is 1430. The molecule has 0 unspecified atom stereocenters. The fourth-order valence-electron chi connectivity index (χ4n) is 6.20. The maximum atomic E-state index is 13.8. The van der Waals surface area contributed by atoms with Crippen LogP contribution in [0.3, 0.4) is 0 Å². The van der Waals surface area contributed by atoms with E-state index >= 15 is 0 Å². The molecule has 0 spiro atoms. The molecule has 3 nitrogen and oxygen atoms in total. The van der Waals surface area contributed by atoms with Crippen molar-refractivity contribution in [3.63, 3.8) is 0 Å². The Morgan fingerprint density at radius 2 is 1.73 bits per heavy atom. The Kier molecular flexibility index (Phi) is 9.60. The largest absolute Gasteiger partial charge is 0.478 e. The summed E-state index contributed by atoms with van der Waals surface area (Å²) >= 11 is 0. The molecule has 1 heterocycles. The lowest BCUT2D eigenvalue weighted by molar-refractivity contribution is -0.138. The zero-order chi connectivity index (χ0) is 28.4. The molecule has 8 heteroatoms. The van der Waals surface area contributed by atoms with E-state index in [1.165, 1.54) is 18.6 Å². The molecule has 0 bridgehead atoms. The predicted molar refractivity (Wildman–Crippen MR) is 156 cm³/mol. The molecule has 0 amide bonds. The highest BCUT2D eigenvalue weighted by Crippen LogP contribution is 2.43. The summed E-state index contributed by atoms with van der Waals surface area (Å²) in [5.41, 5.74) is 5.89. The molecule has 3 aromatic rings. The van der Waals surface area contributed by atoms with Gasteiger partial charge < -0.3 is 10.0 Å². The molecule has 5 rings (SSSR count). The van der Waals surface area contributed by atoms with Crippen LogP contribution in [0.1, 0.15) is 68.6 Å². The van der Waals surface area contributed by atoms with Crippen LogP contribution in [0.4, 0.5) is 17.6 Å². The number of carbonyl (C=O) groups is 1. The highest BCUT2D eigenvalue weighted by molar-refractivity contribution is 6.01. The van der Waals surface area contributed by atoms with E-state index < -0.39 is 17.7 Å². The number of likely N-dealkylation sites (tertiary alicyclic amines) is 1. The minimum absolute atomic E-state index is 0. The highest BCUT2D eigenvalue weighted by atomic mass is 35.5. The summed E-state index contributed by atoms with van der Waals surface area (Å²) in [5, 5.41) is 9.56. The highest BCUT2D eigenvalue weighted by Gasteiger charge is 2.34. The molecule has 0 radical (unpaired) electrons. The third kappa shape index (κ3) is 6.68. The summed E-state index contributed by atoms with van der Waals surface area (Å²) in [6, 6.07) is 17.7. The number of allylic oxidation sites excluding steroid dienone is 1. The van der Waals surface area contributed by atoms with Gasteiger partial charge in [0.25, 0.3) is 0 Å².